The first-order chi connectivity index (χ1) is 23.7. The summed E-state index contributed by atoms with van der Waals surface area (Å²) in [4.78, 5) is 46.4. The molecular formula is C39H32N2O7S. The van der Waals surface area contributed by atoms with Gasteiger partial charge in [0.15, 0.2) is 5.13 Å². The second kappa shape index (κ2) is 14.4. The maximum absolute atomic E-state index is 13.9. The minimum Gasteiger partial charge on any atom is -0.507 e. The maximum atomic E-state index is 13.9. The third-order valence-corrected chi connectivity index (χ3v) is 8.94. The molecule has 6 rings (SSSR count). The minimum atomic E-state index is -1.10. The van der Waals surface area contributed by atoms with Crippen molar-refractivity contribution < 1.29 is 33.7 Å². The van der Waals surface area contributed by atoms with Gasteiger partial charge in [0.25, 0.3) is 5.78 Å². The fourth-order valence-electron chi connectivity index (χ4n) is 5.47. The minimum absolute atomic E-state index is 0.000334. The third-order valence-electron chi connectivity index (χ3n) is 7.81. The van der Waals surface area contributed by atoms with Gasteiger partial charge < -0.3 is 19.3 Å². The molecule has 0 aliphatic carbocycles. The molecule has 1 fully saturated rings. The summed E-state index contributed by atoms with van der Waals surface area (Å²) in [5.41, 5.74) is 2.67. The van der Waals surface area contributed by atoms with Crippen LogP contribution in [0.3, 0.4) is 0 Å². The third kappa shape index (κ3) is 7.00. The Morgan fingerprint density at radius 3 is 2.35 bits per heavy atom. The lowest BCUT2D eigenvalue weighted by molar-refractivity contribution is -0.132. The van der Waals surface area contributed by atoms with E-state index in [9.17, 15) is 19.5 Å². The van der Waals surface area contributed by atoms with E-state index < -0.39 is 23.7 Å². The molecule has 4 aromatic carbocycles. The number of ether oxygens (including phenoxy) is 3. The number of esters is 1. The zero-order chi connectivity index (χ0) is 34.5. The number of aliphatic hydroxyl groups excluding tert-OH is 1. The Morgan fingerprint density at radius 1 is 0.918 bits per heavy atom. The number of thiazole rings is 1. The summed E-state index contributed by atoms with van der Waals surface area (Å²) < 4.78 is 17.3. The topological polar surface area (TPSA) is 115 Å². The number of anilines is 1. The monoisotopic (exact) mass is 672 g/mol. The number of para-hydroxylation sites is 1. The fourth-order valence-corrected chi connectivity index (χ4v) is 6.46. The van der Waals surface area contributed by atoms with E-state index in [-0.39, 0.29) is 27.9 Å². The van der Waals surface area contributed by atoms with Crippen molar-refractivity contribution in [2.45, 2.75) is 26.5 Å². The SMILES string of the molecule is C=CCOC(=O)c1sc(N2C(=O)C(=O)/C(=C(\O)c3ccc(OCc4ccccc4)cc3C)C2c2cccc(Oc3ccccc3)c2)nc1C. The van der Waals surface area contributed by atoms with Gasteiger partial charge >= 0.3 is 11.9 Å². The van der Waals surface area contributed by atoms with Crippen LogP contribution in [0.25, 0.3) is 5.76 Å². The van der Waals surface area contributed by atoms with E-state index >= 15 is 0 Å². The second-order valence-electron chi connectivity index (χ2n) is 11.2. The first-order valence-electron chi connectivity index (χ1n) is 15.4. The summed E-state index contributed by atoms with van der Waals surface area (Å²) >= 11 is 0.926. The summed E-state index contributed by atoms with van der Waals surface area (Å²) in [6.07, 6.45) is 1.45. The Morgan fingerprint density at radius 2 is 1.63 bits per heavy atom. The Bertz CT molecular complexity index is 2070. The van der Waals surface area contributed by atoms with Gasteiger partial charge in [0.05, 0.1) is 17.3 Å². The van der Waals surface area contributed by atoms with Crippen LogP contribution in [0.15, 0.2) is 121 Å². The standard InChI is InChI=1S/C39H32N2O7S/c1-4-20-46-38(45)36-25(3)40-39(49-36)41-33(27-14-11-17-30(22-27)48-28-15-9-6-10-16-28)32(35(43)37(41)44)34(42)31-19-18-29(21-24(31)2)47-23-26-12-7-5-8-13-26/h4-19,21-22,33,42H,1,20,23H2,2-3H3/b34-32-. The average molecular weight is 673 g/mol. The van der Waals surface area contributed by atoms with Crippen LogP contribution < -0.4 is 14.4 Å². The molecule has 1 N–H and O–H groups in total. The molecule has 1 saturated heterocycles. The highest BCUT2D eigenvalue weighted by Gasteiger charge is 2.48. The van der Waals surface area contributed by atoms with Crippen LogP contribution in [0.2, 0.25) is 0 Å². The van der Waals surface area contributed by atoms with Crippen LogP contribution in [-0.4, -0.2) is 34.4 Å². The fraction of sp³-hybridized carbons (Fsp3) is 0.128. The maximum Gasteiger partial charge on any atom is 0.350 e. The van der Waals surface area contributed by atoms with Crippen LogP contribution >= 0.6 is 11.3 Å². The Labute approximate surface area is 287 Å². The Balaban J connectivity index is 1.42. The number of carbonyl (C=O) groups is 3. The molecular weight excluding hydrogens is 641 g/mol. The van der Waals surface area contributed by atoms with Crippen LogP contribution in [0, 0.1) is 13.8 Å². The average Bonchev–Trinajstić information content (AvgIpc) is 3.62. The molecule has 0 spiro atoms. The van der Waals surface area contributed by atoms with Crippen molar-refractivity contribution in [3.8, 4) is 17.2 Å². The molecule has 1 amide bonds. The van der Waals surface area contributed by atoms with E-state index in [4.69, 9.17) is 14.2 Å². The van der Waals surface area contributed by atoms with Crippen molar-refractivity contribution in [1.29, 1.82) is 0 Å². The summed E-state index contributed by atoms with van der Waals surface area (Å²) in [6.45, 7) is 7.33. The molecule has 2 heterocycles. The summed E-state index contributed by atoms with van der Waals surface area (Å²) in [7, 11) is 0. The highest BCUT2D eigenvalue weighted by molar-refractivity contribution is 7.17. The number of amides is 1. The predicted octanol–water partition coefficient (Wildman–Crippen LogP) is 8.10. The first kappa shape index (κ1) is 32.9. The number of nitrogens with zero attached hydrogens (tertiary/aromatic N) is 2. The van der Waals surface area contributed by atoms with Gasteiger partial charge in [-0.1, -0.05) is 84.7 Å². The molecule has 1 aromatic heterocycles. The number of aromatic nitrogens is 1. The Hall–Kier alpha value is -6.00. The quantitative estimate of drug-likeness (QED) is 0.0492. The van der Waals surface area contributed by atoms with Gasteiger partial charge in [-0.05, 0) is 73.0 Å². The van der Waals surface area contributed by atoms with Gasteiger partial charge in [-0.3, -0.25) is 14.5 Å². The van der Waals surface area contributed by atoms with Gasteiger partial charge in [0, 0.05) is 5.56 Å². The van der Waals surface area contributed by atoms with Gasteiger partial charge in [0.1, 0.15) is 41.1 Å². The van der Waals surface area contributed by atoms with Crippen LogP contribution in [-0.2, 0) is 20.9 Å². The van der Waals surface area contributed by atoms with Crippen LogP contribution in [0.1, 0.15) is 43.7 Å². The lowest BCUT2D eigenvalue weighted by Gasteiger charge is -2.23. The van der Waals surface area contributed by atoms with Crippen molar-refractivity contribution in [3.05, 3.63) is 154 Å². The first-order valence-corrected chi connectivity index (χ1v) is 16.2. The van der Waals surface area contributed by atoms with Gasteiger partial charge in [0.2, 0.25) is 0 Å². The molecule has 1 unspecified atom stereocenters. The van der Waals surface area contributed by atoms with Crippen molar-refractivity contribution in [1.82, 2.24) is 4.98 Å². The zero-order valence-corrected chi connectivity index (χ0v) is 27.6. The molecule has 5 aromatic rings. The van der Waals surface area contributed by atoms with Crippen molar-refractivity contribution in [3.63, 3.8) is 0 Å². The van der Waals surface area contributed by atoms with Crippen LogP contribution in [0.4, 0.5) is 5.13 Å². The molecule has 49 heavy (non-hydrogen) atoms. The number of ketones is 1. The van der Waals surface area contributed by atoms with Gasteiger partial charge in [-0.15, -0.1) is 0 Å². The van der Waals surface area contributed by atoms with Gasteiger partial charge in [-0.25, -0.2) is 9.78 Å². The van der Waals surface area contributed by atoms with E-state index in [1.807, 2.05) is 48.5 Å². The predicted molar refractivity (Wildman–Crippen MR) is 187 cm³/mol. The number of carbonyl (C=O) groups excluding carboxylic acids is 3. The molecule has 1 aliphatic rings. The lowest BCUT2D eigenvalue weighted by Crippen LogP contribution is -2.29. The number of hydrogen-bond acceptors (Lipinski definition) is 9. The lowest BCUT2D eigenvalue weighted by atomic mass is 9.94. The summed E-state index contributed by atoms with van der Waals surface area (Å²) in [5.74, 6) is -1.16. The largest absolute Gasteiger partial charge is 0.507 e. The number of hydrogen-bond donors (Lipinski definition) is 1. The zero-order valence-electron chi connectivity index (χ0n) is 26.8. The van der Waals surface area contributed by atoms with E-state index in [1.54, 1.807) is 68.4 Å². The molecule has 246 valence electrons. The molecule has 0 radical (unpaired) electrons. The normalized spacial score (nSPS) is 15.2. The number of benzene rings is 4. The highest BCUT2D eigenvalue weighted by Crippen LogP contribution is 2.45. The molecule has 9 nitrogen and oxygen atoms in total. The molecule has 1 atom stereocenters. The molecule has 0 saturated carbocycles. The van der Waals surface area contributed by atoms with Crippen LogP contribution in [0.5, 0.6) is 17.2 Å². The number of aliphatic hydroxyl groups is 1. The van der Waals surface area contributed by atoms with Crippen molar-refractivity contribution in [2.75, 3.05) is 11.5 Å². The summed E-state index contributed by atoms with van der Waals surface area (Å²) in [6, 6.07) is 29.9. The Kier molecular flexibility index (Phi) is 9.68. The van der Waals surface area contributed by atoms with Crippen molar-refractivity contribution in [2.24, 2.45) is 0 Å². The summed E-state index contributed by atoms with van der Waals surface area (Å²) in [5, 5.41) is 11.9. The van der Waals surface area contributed by atoms with Gasteiger partial charge in [-0.2, -0.15) is 0 Å². The smallest absolute Gasteiger partial charge is 0.350 e. The van der Waals surface area contributed by atoms with E-state index in [0.29, 0.717) is 46.2 Å². The number of rotatable bonds is 11. The number of aryl methyl sites for hydroxylation is 2. The van der Waals surface area contributed by atoms with E-state index in [2.05, 4.69) is 11.6 Å². The highest BCUT2D eigenvalue weighted by atomic mass is 32.1. The molecule has 1 aliphatic heterocycles. The van der Waals surface area contributed by atoms with E-state index in [0.717, 1.165) is 16.9 Å². The second-order valence-corrected chi connectivity index (χ2v) is 12.2. The molecule has 10 heteroatoms. The number of Topliss-reactive ketones (excluding diaryl/α,β-unsaturated/α-hetero) is 1. The molecule has 0 bridgehead atoms. The van der Waals surface area contributed by atoms with Crippen molar-refractivity contribution >= 4 is 39.9 Å². The van der Waals surface area contributed by atoms with E-state index in [1.165, 1.54) is 11.0 Å².